The number of aliphatic hydroxyl groups is 1. The van der Waals surface area contributed by atoms with Gasteiger partial charge < -0.3 is 25.8 Å². The van der Waals surface area contributed by atoms with Crippen molar-refractivity contribution < 1.29 is 14.6 Å². The van der Waals surface area contributed by atoms with Gasteiger partial charge in [0.15, 0.2) is 0 Å². The van der Waals surface area contributed by atoms with E-state index >= 15 is 0 Å². The lowest BCUT2D eigenvalue weighted by molar-refractivity contribution is 0.104. The number of anilines is 1. The third-order valence-electron chi connectivity index (χ3n) is 2.72. The molecular weight excluding hydrogens is 282 g/mol. The summed E-state index contributed by atoms with van der Waals surface area (Å²) in [6, 6.07) is 7.00. The number of carbonyl (C=O) groups is 1. The molecule has 0 heterocycles. The summed E-state index contributed by atoms with van der Waals surface area (Å²) in [6.45, 7) is 8.67. The first-order chi connectivity index (χ1) is 10.5. The van der Waals surface area contributed by atoms with Gasteiger partial charge in [0.25, 0.3) is 0 Å². The maximum atomic E-state index is 11.5. The van der Waals surface area contributed by atoms with Crippen molar-refractivity contribution in [2.75, 3.05) is 25.0 Å². The van der Waals surface area contributed by atoms with Gasteiger partial charge in [-0.2, -0.15) is 0 Å². The number of rotatable bonds is 9. The fraction of sp³-hybridized carbons (Fsp3) is 0.438. The molecule has 0 saturated carbocycles. The Morgan fingerprint density at radius 3 is 2.64 bits per heavy atom. The second kappa shape index (κ2) is 9.81. The summed E-state index contributed by atoms with van der Waals surface area (Å²) < 4.78 is 5.49. The minimum Gasteiger partial charge on any atom is -0.491 e. The molecule has 0 bridgehead atoms. The van der Waals surface area contributed by atoms with Crippen molar-refractivity contribution >= 4 is 11.7 Å². The van der Waals surface area contributed by atoms with E-state index in [2.05, 4.69) is 22.5 Å². The van der Waals surface area contributed by atoms with Crippen molar-refractivity contribution in [1.82, 2.24) is 10.6 Å². The molecule has 0 spiro atoms. The van der Waals surface area contributed by atoms with Crippen LogP contribution in [0.2, 0.25) is 0 Å². The second-order valence-corrected chi connectivity index (χ2v) is 5.18. The van der Waals surface area contributed by atoms with Crippen LogP contribution >= 0.6 is 0 Å². The zero-order valence-corrected chi connectivity index (χ0v) is 13.1. The largest absolute Gasteiger partial charge is 0.491 e. The van der Waals surface area contributed by atoms with E-state index in [0.29, 0.717) is 30.6 Å². The van der Waals surface area contributed by atoms with E-state index in [1.807, 2.05) is 13.8 Å². The molecule has 2 amide bonds. The lowest BCUT2D eigenvalue weighted by atomic mass is 10.3. The average molecular weight is 307 g/mol. The zero-order chi connectivity index (χ0) is 16.4. The number of urea groups is 1. The lowest BCUT2D eigenvalue weighted by Crippen LogP contribution is -2.35. The fourth-order valence-corrected chi connectivity index (χ4v) is 1.60. The number of hydrogen-bond donors (Lipinski definition) is 4. The first-order valence-electron chi connectivity index (χ1n) is 7.31. The molecular formula is C16H25N3O3. The van der Waals surface area contributed by atoms with Crippen LogP contribution in [0.3, 0.4) is 0 Å². The molecule has 6 nitrogen and oxygen atoms in total. The van der Waals surface area contributed by atoms with Crippen molar-refractivity contribution in [3.63, 3.8) is 0 Å². The average Bonchev–Trinajstić information content (AvgIpc) is 2.50. The van der Waals surface area contributed by atoms with Crippen LogP contribution in [-0.4, -0.2) is 43.0 Å². The second-order valence-electron chi connectivity index (χ2n) is 5.18. The van der Waals surface area contributed by atoms with Crippen molar-refractivity contribution in [1.29, 1.82) is 0 Å². The highest BCUT2D eigenvalue weighted by Crippen LogP contribution is 2.15. The molecule has 0 aromatic heterocycles. The normalized spacial score (nSPS) is 11.8. The summed E-state index contributed by atoms with van der Waals surface area (Å²) in [7, 11) is 0. The highest BCUT2D eigenvalue weighted by atomic mass is 16.5. The predicted octanol–water partition coefficient (Wildman–Crippen LogP) is 1.73. The molecule has 0 aliphatic carbocycles. The number of ether oxygens (including phenoxy) is 1. The molecule has 0 radical (unpaired) electrons. The van der Waals surface area contributed by atoms with Gasteiger partial charge in [-0.3, -0.25) is 0 Å². The summed E-state index contributed by atoms with van der Waals surface area (Å²) in [5.41, 5.74) is 0.663. The van der Waals surface area contributed by atoms with Crippen LogP contribution in [0.4, 0.5) is 10.5 Å². The Kier molecular flexibility index (Phi) is 8.03. The molecule has 0 aliphatic rings. The van der Waals surface area contributed by atoms with Crippen molar-refractivity contribution in [3.8, 4) is 5.75 Å². The number of nitrogens with one attached hydrogen (secondary N) is 3. The summed E-state index contributed by atoms with van der Waals surface area (Å²) in [5, 5.41) is 18.2. The van der Waals surface area contributed by atoms with Crippen molar-refractivity contribution in [2.45, 2.75) is 26.0 Å². The summed E-state index contributed by atoms with van der Waals surface area (Å²) in [5.74, 6) is 0.639. The quantitative estimate of drug-likeness (QED) is 0.524. The smallest absolute Gasteiger partial charge is 0.319 e. The first kappa shape index (κ1) is 18.0. The highest BCUT2D eigenvalue weighted by molar-refractivity contribution is 5.89. The van der Waals surface area contributed by atoms with Crippen LogP contribution in [0.5, 0.6) is 5.75 Å². The van der Waals surface area contributed by atoms with Crippen LogP contribution in [-0.2, 0) is 0 Å². The Hall–Kier alpha value is -2.05. The van der Waals surface area contributed by atoms with Crippen LogP contribution < -0.4 is 20.7 Å². The SMILES string of the molecule is C=CCNC(=O)Nc1ccc(OCC(O)CNC(C)C)cc1. The van der Waals surface area contributed by atoms with Gasteiger partial charge in [0.1, 0.15) is 18.5 Å². The standard InChI is InChI=1S/C16H25N3O3/c1-4-9-17-16(21)19-13-5-7-15(8-6-13)22-11-14(20)10-18-12(2)3/h4-8,12,14,18,20H,1,9-11H2,2-3H3,(H2,17,19,21). The van der Waals surface area contributed by atoms with E-state index in [0.717, 1.165) is 0 Å². The number of aliphatic hydroxyl groups excluding tert-OH is 1. The molecule has 1 rings (SSSR count). The number of carbonyl (C=O) groups excluding carboxylic acids is 1. The zero-order valence-electron chi connectivity index (χ0n) is 13.1. The topological polar surface area (TPSA) is 82.6 Å². The van der Waals surface area contributed by atoms with Gasteiger partial charge >= 0.3 is 6.03 Å². The Bertz CT molecular complexity index is 460. The first-order valence-corrected chi connectivity index (χ1v) is 7.31. The molecule has 6 heteroatoms. The molecule has 1 aromatic rings. The number of amides is 2. The number of benzene rings is 1. The minimum atomic E-state index is -0.565. The van der Waals surface area contributed by atoms with E-state index < -0.39 is 6.10 Å². The van der Waals surface area contributed by atoms with Crippen LogP contribution in [0.25, 0.3) is 0 Å². The van der Waals surface area contributed by atoms with Gasteiger partial charge in [0.2, 0.25) is 0 Å². The lowest BCUT2D eigenvalue weighted by Gasteiger charge is -2.15. The third kappa shape index (κ3) is 7.66. The summed E-state index contributed by atoms with van der Waals surface area (Å²) in [6.07, 6.45) is 1.04. The maximum Gasteiger partial charge on any atom is 0.319 e. The molecule has 0 fully saturated rings. The Morgan fingerprint density at radius 1 is 1.36 bits per heavy atom. The molecule has 1 aromatic carbocycles. The van der Waals surface area contributed by atoms with Crippen molar-refractivity contribution in [3.05, 3.63) is 36.9 Å². The highest BCUT2D eigenvalue weighted by Gasteiger charge is 2.06. The Labute approximate surface area is 131 Å². The van der Waals surface area contributed by atoms with E-state index in [1.165, 1.54) is 0 Å². The van der Waals surface area contributed by atoms with E-state index in [1.54, 1.807) is 30.3 Å². The summed E-state index contributed by atoms with van der Waals surface area (Å²) >= 11 is 0. The van der Waals surface area contributed by atoms with Gasteiger partial charge in [0, 0.05) is 24.8 Å². The van der Waals surface area contributed by atoms with Crippen LogP contribution in [0.15, 0.2) is 36.9 Å². The van der Waals surface area contributed by atoms with E-state index in [9.17, 15) is 9.90 Å². The molecule has 1 atom stereocenters. The molecule has 22 heavy (non-hydrogen) atoms. The van der Waals surface area contributed by atoms with E-state index in [-0.39, 0.29) is 12.6 Å². The fourth-order valence-electron chi connectivity index (χ4n) is 1.60. The molecule has 0 aliphatic heterocycles. The molecule has 0 saturated heterocycles. The van der Waals surface area contributed by atoms with Crippen LogP contribution in [0.1, 0.15) is 13.8 Å². The third-order valence-corrected chi connectivity index (χ3v) is 2.72. The van der Waals surface area contributed by atoms with Gasteiger partial charge in [-0.05, 0) is 24.3 Å². The van der Waals surface area contributed by atoms with Gasteiger partial charge in [-0.25, -0.2) is 4.79 Å². The molecule has 1 unspecified atom stereocenters. The maximum absolute atomic E-state index is 11.5. The monoisotopic (exact) mass is 307 g/mol. The van der Waals surface area contributed by atoms with Gasteiger partial charge in [-0.1, -0.05) is 19.9 Å². The number of hydrogen-bond acceptors (Lipinski definition) is 4. The van der Waals surface area contributed by atoms with Crippen LogP contribution in [0, 0.1) is 0 Å². The molecule has 4 N–H and O–H groups in total. The molecule has 122 valence electrons. The van der Waals surface area contributed by atoms with Crippen molar-refractivity contribution in [2.24, 2.45) is 0 Å². The Balaban J connectivity index is 2.35. The predicted molar refractivity (Wildman–Crippen MR) is 88.3 cm³/mol. The van der Waals surface area contributed by atoms with Gasteiger partial charge in [0.05, 0.1) is 0 Å². The van der Waals surface area contributed by atoms with Gasteiger partial charge in [-0.15, -0.1) is 6.58 Å². The minimum absolute atomic E-state index is 0.215. The van der Waals surface area contributed by atoms with E-state index in [4.69, 9.17) is 4.74 Å². The Morgan fingerprint density at radius 2 is 2.05 bits per heavy atom. The summed E-state index contributed by atoms with van der Waals surface area (Å²) in [4.78, 5) is 11.5.